The zero-order valence-corrected chi connectivity index (χ0v) is 25.1. The van der Waals surface area contributed by atoms with Crippen molar-refractivity contribution in [3.63, 3.8) is 0 Å². The number of aromatic nitrogens is 3. The molecule has 3 heterocycles. The van der Waals surface area contributed by atoms with Gasteiger partial charge in [-0.15, -0.1) is 0 Å². The zero-order chi connectivity index (χ0) is 29.8. The number of rotatable bonds is 8. The lowest BCUT2D eigenvalue weighted by Crippen LogP contribution is -2.54. The van der Waals surface area contributed by atoms with Gasteiger partial charge in [-0.25, -0.2) is 19.7 Å². The van der Waals surface area contributed by atoms with E-state index in [0.717, 1.165) is 11.3 Å². The quantitative estimate of drug-likeness (QED) is 0.330. The molecule has 1 aliphatic rings. The first-order valence-electron chi connectivity index (χ1n) is 13.5. The van der Waals surface area contributed by atoms with Crippen molar-refractivity contribution in [1.29, 1.82) is 0 Å². The predicted octanol–water partition coefficient (Wildman–Crippen LogP) is 5.57. The maximum Gasteiger partial charge on any atom is 0.408 e. The Balaban J connectivity index is 1.41. The molecule has 0 aliphatic carbocycles. The van der Waals surface area contributed by atoms with Gasteiger partial charge in [0.2, 0.25) is 5.78 Å². The molecular formula is C30H37ClN6O4. The van der Waals surface area contributed by atoms with Crippen molar-refractivity contribution in [3.8, 4) is 5.75 Å². The summed E-state index contributed by atoms with van der Waals surface area (Å²) < 4.78 is 10.6. The van der Waals surface area contributed by atoms with Gasteiger partial charge in [-0.05, 0) is 71.2 Å². The van der Waals surface area contributed by atoms with Crippen molar-refractivity contribution in [2.24, 2.45) is 0 Å². The number of benzene rings is 1. The van der Waals surface area contributed by atoms with Gasteiger partial charge in [0, 0.05) is 42.5 Å². The van der Waals surface area contributed by atoms with Gasteiger partial charge in [0.25, 0.3) is 0 Å². The summed E-state index contributed by atoms with van der Waals surface area (Å²) in [5.74, 6) is 1.64. The molecule has 2 aromatic heterocycles. The maximum atomic E-state index is 13.4. The van der Waals surface area contributed by atoms with Crippen LogP contribution in [-0.4, -0.2) is 58.2 Å². The Morgan fingerprint density at radius 3 is 2.39 bits per heavy atom. The van der Waals surface area contributed by atoms with Crippen LogP contribution in [0.25, 0.3) is 0 Å². The highest BCUT2D eigenvalue weighted by molar-refractivity contribution is 6.33. The summed E-state index contributed by atoms with van der Waals surface area (Å²) in [4.78, 5) is 41.1. The van der Waals surface area contributed by atoms with Crippen molar-refractivity contribution in [3.05, 3.63) is 70.3 Å². The van der Waals surface area contributed by atoms with Crippen molar-refractivity contribution < 1.29 is 19.1 Å². The normalized spacial score (nSPS) is 14.8. The highest BCUT2D eigenvalue weighted by Crippen LogP contribution is 2.28. The van der Waals surface area contributed by atoms with Crippen molar-refractivity contribution in [2.75, 3.05) is 30.4 Å². The molecular weight excluding hydrogens is 544 g/mol. The third-order valence-corrected chi connectivity index (χ3v) is 7.26. The van der Waals surface area contributed by atoms with Crippen LogP contribution in [0, 0.1) is 6.92 Å². The summed E-state index contributed by atoms with van der Waals surface area (Å²) in [5, 5.41) is 6.33. The molecule has 3 aromatic rings. The minimum atomic E-state index is -0.559. The largest absolute Gasteiger partial charge is 0.497 e. The molecule has 0 radical (unpaired) electrons. The second-order valence-electron chi connectivity index (χ2n) is 11.4. The number of ether oxygens (including phenoxy) is 2. The Kier molecular flexibility index (Phi) is 9.01. The van der Waals surface area contributed by atoms with Crippen LogP contribution in [0.15, 0.2) is 42.7 Å². The van der Waals surface area contributed by atoms with Crippen molar-refractivity contribution in [1.82, 2.24) is 20.3 Å². The van der Waals surface area contributed by atoms with Gasteiger partial charge in [0.05, 0.1) is 13.3 Å². The number of amides is 1. The van der Waals surface area contributed by atoms with E-state index in [-0.39, 0.29) is 16.6 Å². The molecule has 218 valence electrons. The third kappa shape index (κ3) is 7.64. The second kappa shape index (κ2) is 12.3. The SMILES string of the molecule is COc1ccc(CNc2nccc(C(=O)c3ncc(N4CCC(C)(NC(=O)OC(C)(C)C)CC4)nc3Cl)c2C)cc1. The molecule has 1 fully saturated rings. The molecule has 41 heavy (non-hydrogen) atoms. The van der Waals surface area contributed by atoms with Gasteiger partial charge in [0.15, 0.2) is 5.15 Å². The first-order valence-corrected chi connectivity index (χ1v) is 13.9. The third-order valence-electron chi connectivity index (χ3n) is 6.99. The van der Waals surface area contributed by atoms with Crippen LogP contribution in [0.4, 0.5) is 16.4 Å². The van der Waals surface area contributed by atoms with E-state index in [1.165, 1.54) is 0 Å². The Labute approximate surface area is 245 Å². The first kappa shape index (κ1) is 30.0. The van der Waals surface area contributed by atoms with E-state index < -0.39 is 17.2 Å². The number of halogens is 1. The average molecular weight is 581 g/mol. The van der Waals surface area contributed by atoms with E-state index in [1.807, 2.05) is 63.8 Å². The first-order chi connectivity index (χ1) is 19.4. The Morgan fingerprint density at radius 1 is 1.10 bits per heavy atom. The van der Waals surface area contributed by atoms with Gasteiger partial charge in [-0.3, -0.25) is 4.79 Å². The minimum Gasteiger partial charge on any atom is -0.497 e. The smallest absolute Gasteiger partial charge is 0.408 e. The fourth-order valence-electron chi connectivity index (χ4n) is 4.58. The summed E-state index contributed by atoms with van der Waals surface area (Å²) in [6, 6.07) is 9.38. The monoisotopic (exact) mass is 580 g/mol. The molecule has 1 amide bonds. The van der Waals surface area contributed by atoms with E-state index in [2.05, 4.69) is 25.6 Å². The fourth-order valence-corrected chi connectivity index (χ4v) is 4.80. The minimum absolute atomic E-state index is 0.0386. The molecule has 0 spiro atoms. The van der Waals surface area contributed by atoms with Crippen LogP contribution in [0.1, 0.15) is 67.7 Å². The molecule has 0 saturated carbocycles. The number of methoxy groups -OCH3 is 1. The Bertz CT molecular complexity index is 1400. The standard InChI is InChI=1S/C30H37ClN6O4/c1-19-22(11-14-32-27(19)34-17-20-7-9-21(40-6)10-8-20)25(38)24-26(31)35-23(18-33-24)37-15-12-30(5,13-16-37)36-28(39)41-29(2,3)4/h7-11,14,18H,12-13,15-17H2,1-6H3,(H,32,34)(H,36,39). The topological polar surface area (TPSA) is 119 Å². The number of carbonyl (C=O) groups excluding carboxylic acids is 2. The van der Waals surface area contributed by atoms with E-state index >= 15 is 0 Å². The second-order valence-corrected chi connectivity index (χ2v) is 11.8. The number of piperidine rings is 1. The summed E-state index contributed by atoms with van der Waals surface area (Å²) in [5.41, 5.74) is 1.32. The number of alkyl carbamates (subject to hydrolysis) is 1. The van der Waals surface area contributed by atoms with E-state index in [9.17, 15) is 9.59 Å². The van der Waals surface area contributed by atoms with Crippen molar-refractivity contribution in [2.45, 2.75) is 65.1 Å². The molecule has 4 rings (SSSR count). The predicted molar refractivity (Wildman–Crippen MR) is 159 cm³/mol. The number of pyridine rings is 1. The molecule has 0 unspecified atom stereocenters. The fraction of sp³-hybridized carbons (Fsp3) is 0.433. The van der Waals surface area contributed by atoms with Crippen LogP contribution < -0.4 is 20.3 Å². The summed E-state index contributed by atoms with van der Waals surface area (Å²) in [7, 11) is 1.63. The molecule has 0 bridgehead atoms. The van der Waals surface area contributed by atoms with Gasteiger partial charge in [0.1, 0.15) is 28.7 Å². The van der Waals surface area contributed by atoms with Gasteiger partial charge in [-0.1, -0.05) is 23.7 Å². The van der Waals surface area contributed by atoms with Gasteiger partial charge < -0.3 is 25.0 Å². The molecule has 10 nitrogen and oxygen atoms in total. The number of hydrogen-bond acceptors (Lipinski definition) is 9. The van der Waals surface area contributed by atoms with Gasteiger partial charge in [-0.2, -0.15) is 0 Å². The molecule has 1 saturated heterocycles. The zero-order valence-electron chi connectivity index (χ0n) is 24.4. The molecule has 0 atom stereocenters. The summed E-state index contributed by atoms with van der Waals surface area (Å²) in [6.07, 6.45) is 4.11. The van der Waals surface area contributed by atoms with Crippen LogP contribution in [0.5, 0.6) is 5.75 Å². The van der Waals surface area contributed by atoms with Crippen LogP contribution in [-0.2, 0) is 11.3 Å². The number of anilines is 2. The van der Waals surface area contributed by atoms with Crippen LogP contribution >= 0.6 is 11.6 Å². The number of hydrogen-bond donors (Lipinski definition) is 2. The van der Waals surface area contributed by atoms with Crippen LogP contribution in [0.3, 0.4) is 0 Å². The summed E-state index contributed by atoms with van der Waals surface area (Å²) >= 11 is 6.50. The highest BCUT2D eigenvalue weighted by atomic mass is 35.5. The number of carbonyl (C=O) groups is 2. The Hall–Kier alpha value is -3.92. The maximum absolute atomic E-state index is 13.4. The molecule has 1 aliphatic heterocycles. The molecule has 1 aromatic carbocycles. The molecule has 2 N–H and O–H groups in total. The highest BCUT2D eigenvalue weighted by Gasteiger charge is 2.34. The van der Waals surface area contributed by atoms with E-state index in [0.29, 0.717) is 55.2 Å². The number of nitrogens with zero attached hydrogens (tertiary/aromatic N) is 4. The molecule has 11 heteroatoms. The lowest BCUT2D eigenvalue weighted by Gasteiger charge is -2.40. The van der Waals surface area contributed by atoms with Gasteiger partial charge >= 0.3 is 6.09 Å². The Morgan fingerprint density at radius 2 is 1.78 bits per heavy atom. The van der Waals surface area contributed by atoms with E-state index in [4.69, 9.17) is 21.1 Å². The number of nitrogens with one attached hydrogen (secondary N) is 2. The lowest BCUT2D eigenvalue weighted by atomic mass is 9.90. The van der Waals surface area contributed by atoms with Crippen molar-refractivity contribution >= 4 is 35.1 Å². The number of ketones is 1. The van der Waals surface area contributed by atoms with Crippen LogP contribution in [0.2, 0.25) is 5.15 Å². The van der Waals surface area contributed by atoms with E-state index in [1.54, 1.807) is 25.6 Å². The summed E-state index contributed by atoms with van der Waals surface area (Å²) in [6.45, 7) is 11.2. The average Bonchev–Trinajstić information content (AvgIpc) is 2.91. The lowest BCUT2D eigenvalue weighted by molar-refractivity contribution is 0.0448.